The molecule has 10 aromatic rings. The SMILES string of the molecule is CCCCCNc1nc(N)nc2ccn(Cc3cc(C(F)(F)C(N)=O)ccc3C)c12.CCCCCNc1nc(N)nc2ccn(Cc3cc(C(F)(F)c4nn[nH]n4)ccc3C)c12.CCOC(=O)C(F)(F)Br.CCOC(=O)C(F)(F)c1ccc(C)c(C)c1.Cc1ccc(I)cc1C.Nc1nc(Cl)c2c(n1)C=CC2.O=CO[O-].[Cs+].[Cs+].[H-]. The Balaban J connectivity index is 0.000000489. The zero-order chi connectivity index (χ0) is 82.6. The Morgan fingerprint density at radius 3 is 1.50 bits per heavy atom. The number of anilines is 5. The average molecular weight is 2020 g/mol. The van der Waals surface area contributed by atoms with E-state index in [4.69, 9.17) is 44.6 Å². The molecule has 0 aliphatic heterocycles. The van der Waals surface area contributed by atoms with Crippen molar-refractivity contribution < 1.29 is 213 Å². The number of nitrogens with zero attached hydrogens (tertiary/aromatic N) is 11. The van der Waals surface area contributed by atoms with E-state index in [0.29, 0.717) is 46.5 Å². The van der Waals surface area contributed by atoms with E-state index in [-0.39, 0.29) is 188 Å². The summed E-state index contributed by atoms with van der Waals surface area (Å²) in [4.78, 5) is 65.1. The normalized spacial score (nSPS) is 11.2. The van der Waals surface area contributed by atoms with Crippen LogP contribution in [0.25, 0.3) is 28.1 Å². The van der Waals surface area contributed by atoms with Gasteiger partial charge in [-0.25, -0.2) is 29.5 Å². The molecule has 0 spiro atoms. The van der Waals surface area contributed by atoms with E-state index < -0.39 is 51.8 Å². The molecule has 11 rings (SSSR count). The summed E-state index contributed by atoms with van der Waals surface area (Å²) in [6.07, 6.45) is 14.8. The first kappa shape index (κ1) is 101. The first-order chi connectivity index (χ1) is 52.4. The van der Waals surface area contributed by atoms with Gasteiger partial charge in [0.15, 0.2) is 11.6 Å². The minimum atomic E-state index is -3.73. The number of nitrogens with one attached hydrogen (secondary N) is 3. The van der Waals surface area contributed by atoms with Gasteiger partial charge in [0.05, 0.1) is 29.9 Å². The zero-order valence-corrected chi connectivity index (χ0v) is 81.4. The van der Waals surface area contributed by atoms with Gasteiger partial charge in [-0.1, -0.05) is 99.7 Å². The first-order valence-electron chi connectivity index (χ1n) is 34.4. The molecular formula is C74H87BrClCs2F8IN18O8. The van der Waals surface area contributed by atoms with E-state index in [9.17, 15) is 49.5 Å². The monoisotopic (exact) mass is 2010 g/mol. The van der Waals surface area contributed by atoms with Crippen molar-refractivity contribution in [3.63, 3.8) is 0 Å². The molecule has 6 aromatic heterocycles. The van der Waals surface area contributed by atoms with Crippen molar-refractivity contribution in [2.45, 2.75) is 150 Å². The van der Waals surface area contributed by atoms with E-state index in [1.165, 1.54) is 64.9 Å². The number of aryl methyl sites for hydroxylation is 6. The van der Waals surface area contributed by atoms with E-state index in [1.807, 2.05) is 82.5 Å². The molecule has 113 heavy (non-hydrogen) atoms. The molecule has 0 unspecified atom stereocenters. The number of primary amides is 1. The summed E-state index contributed by atoms with van der Waals surface area (Å²) < 4.78 is 122. The summed E-state index contributed by atoms with van der Waals surface area (Å²) in [6, 6.07) is 22.9. The first-order valence-corrected chi connectivity index (χ1v) is 36.7. The molecule has 0 atom stereocenters. The Morgan fingerprint density at radius 1 is 0.628 bits per heavy atom. The summed E-state index contributed by atoms with van der Waals surface area (Å²) in [6.45, 7) is 20.6. The van der Waals surface area contributed by atoms with Crippen LogP contribution in [0.4, 0.5) is 64.6 Å². The topological polar surface area (TPSA) is 389 Å². The number of alkyl halides is 9. The van der Waals surface area contributed by atoms with Gasteiger partial charge in [0.1, 0.15) is 16.2 Å². The smallest absolute Gasteiger partial charge is 1.00 e. The molecule has 600 valence electrons. The number of fused-ring (bicyclic) bond motifs is 3. The molecule has 0 radical (unpaired) electrons. The van der Waals surface area contributed by atoms with Crippen molar-refractivity contribution in [1.82, 2.24) is 59.7 Å². The van der Waals surface area contributed by atoms with Crippen LogP contribution in [0.15, 0.2) is 103 Å². The number of hydrogen-bond acceptors (Lipinski definition) is 22. The molecule has 0 saturated heterocycles. The van der Waals surface area contributed by atoms with Crippen LogP contribution in [0.3, 0.4) is 0 Å². The summed E-state index contributed by atoms with van der Waals surface area (Å²) in [7, 11) is 0. The number of rotatable bonds is 24. The Labute approximate surface area is 794 Å². The van der Waals surface area contributed by atoms with Crippen LogP contribution in [0.2, 0.25) is 5.15 Å². The van der Waals surface area contributed by atoms with Gasteiger partial charge in [-0.15, -0.1) is 10.2 Å². The fourth-order valence-corrected chi connectivity index (χ4v) is 11.3. The van der Waals surface area contributed by atoms with Crippen LogP contribution in [0.1, 0.15) is 146 Å². The van der Waals surface area contributed by atoms with Gasteiger partial charge in [0.2, 0.25) is 23.7 Å². The van der Waals surface area contributed by atoms with Gasteiger partial charge in [0.25, 0.3) is 12.4 Å². The maximum absolute atomic E-state index is 14.8. The summed E-state index contributed by atoms with van der Waals surface area (Å²) in [5, 5.41) is 27.8. The minimum Gasteiger partial charge on any atom is -1.00 e. The van der Waals surface area contributed by atoms with Gasteiger partial charge in [-0.05, 0) is 196 Å². The van der Waals surface area contributed by atoms with Crippen LogP contribution in [-0.4, -0.2) is 115 Å². The molecule has 1 aliphatic rings. The van der Waals surface area contributed by atoms with Crippen LogP contribution in [0, 0.1) is 45.1 Å². The van der Waals surface area contributed by atoms with Gasteiger partial charge in [0, 0.05) is 80.3 Å². The van der Waals surface area contributed by atoms with Crippen molar-refractivity contribution in [1.29, 1.82) is 0 Å². The molecule has 39 heteroatoms. The maximum atomic E-state index is 14.8. The van der Waals surface area contributed by atoms with Gasteiger partial charge >= 0.3 is 172 Å². The third-order valence-electron chi connectivity index (χ3n) is 16.5. The molecule has 1 amide bonds. The van der Waals surface area contributed by atoms with Crippen molar-refractivity contribution in [3.05, 3.63) is 190 Å². The number of nitrogens with two attached hydrogens (primary N) is 4. The van der Waals surface area contributed by atoms with Gasteiger partial charge in [-0.2, -0.15) is 50.3 Å². The number of ether oxygens (including phenoxy) is 2. The molecule has 6 heterocycles. The van der Waals surface area contributed by atoms with Crippen LogP contribution >= 0.6 is 50.1 Å². The van der Waals surface area contributed by atoms with Crippen molar-refractivity contribution in [2.75, 3.05) is 54.1 Å². The standard InChI is InChI=1S/C21H25F2N9.C21H26F2N6O.C12H14F2O2.C8H9I.C7H6ClN3.C4H5BrF2O2.CH2O3.2Cs.H/c1-3-4-5-9-25-18-17-16(26-20(24)27-18)8-10-32(17)12-14-11-15(7-6-13(14)2)21(22,23)19-28-30-31-29-19;1-3-4-5-9-26-18-17-16(27-20(25)28-18)8-10-29(17)12-14-11-15(7-6-13(14)2)21(22,23)19(24)30;1-4-16-11(15)12(13,14)10-6-5-8(2)9(3)7-10;1-6-3-4-8(9)5-7(6)2;8-6-4-2-1-3-5(4)10-7(9)11-6;1-2-9-3(8)4(5,6)7;2-1-4-3;;;/h6-8,10-11H,3-5,9,12H2,1-2H3,(H3,24,25,26,27)(H,28,29,30,31);6-8,10-11H,3-5,9,12H2,1-2H3,(H2,24,30)(H3,25,26,27,28);5-7H,4H2,1-3H3;3-5H,1-2H3;1,3H,2H2,(H2,9,10,11);2H2,1H3;1,3H;;;/q;;;;;;;2*+1;-1/p-1. The number of unbranched alkanes of at least 4 members (excludes halogenated alkanes) is 4. The number of hydrogen-bond donors (Lipinski definition) is 7. The number of allylic oxidation sites excluding steroid dienone is 1. The number of nitrogen functional groups attached to an aromatic ring is 3. The van der Waals surface area contributed by atoms with Crippen molar-refractivity contribution in [2.24, 2.45) is 5.73 Å². The number of aromatic amines is 1. The van der Waals surface area contributed by atoms with Crippen molar-refractivity contribution in [3.8, 4) is 0 Å². The van der Waals surface area contributed by atoms with Crippen LogP contribution < -0.4 is 177 Å². The average Bonchev–Trinajstić information content (AvgIpc) is 1.64. The predicted molar refractivity (Wildman–Crippen MR) is 419 cm³/mol. The van der Waals surface area contributed by atoms with Gasteiger partial charge in [-0.3, -0.25) is 9.59 Å². The largest absolute Gasteiger partial charge is 1.00 e. The number of esters is 2. The number of carbonyl (C=O) groups excluding carboxylic acids is 4. The minimum absolute atomic E-state index is 0. The molecule has 0 fully saturated rings. The maximum Gasteiger partial charge on any atom is 1.00 e. The predicted octanol–water partition coefficient (Wildman–Crippen LogP) is 8.42. The molecule has 0 bridgehead atoms. The molecule has 26 nitrogen and oxygen atoms in total. The Hall–Kier alpha value is -6.11. The Kier molecular flexibility index (Phi) is 43.4. The van der Waals surface area contributed by atoms with E-state index >= 15 is 0 Å². The summed E-state index contributed by atoms with van der Waals surface area (Å²) >= 11 is 9.96. The Morgan fingerprint density at radius 2 is 1.08 bits per heavy atom. The fraction of sp³-hybridized carbons (Fsp3) is 0.365. The van der Waals surface area contributed by atoms with E-state index in [2.05, 4.69) is 144 Å². The van der Waals surface area contributed by atoms with Crippen LogP contribution in [0.5, 0.6) is 0 Å². The molecule has 11 N–H and O–H groups in total. The van der Waals surface area contributed by atoms with E-state index in [1.54, 1.807) is 25.1 Å². The van der Waals surface area contributed by atoms with Gasteiger partial charge < -0.3 is 63.7 Å². The third kappa shape index (κ3) is 30.4. The quantitative estimate of drug-likeness (QED) is 0.00343. The molecule has 4 aromatic carbocycles. The number of tetrazole rings is 1. The molecule has 1 aliphatic carbocycles. The Bertz CT molecular complexity index is 4810. The fourth-order valence-electron chi connectivity index (χ4n) is 10.2. The third-order valence-corrected chi connectivity index (χ3v) is 17.8. The molecule has 0 saturated carbocycles. The second-order valence-corrected chi connectivity index (χ2v) is 27.2. The number of aromatic nitrogens is 12. The molecular weight excluding hydrogens is 1930 g/mol. The number of amides is 1. The summed E-state index contributed by atoms with van der Waals surface area (Å²) in [5.74, 6) is -14.2. The van der Waals surface area contributed by atoms with Crippen molar-refractivity contribution >= 4 is 132 Å². The zero-order valence-electron chi connectivity index (χ0n) is 65.3. The van der Waals surface area contributed by atoms with E-state index in [0.717, 1.165) is 108 Å². The van der Waals surface area contributed by atoms with Crippen LogP contribution in [-0.2, 0) is 70.8 Å². The number of carbonyl (C=O) groups is 4. The second-order valence-electron chi connectivity index (χ2n) is 24.6. The number of H-pyrrole nitrogens is 1. The number of halogens is 11. The summed E-state index contributed by atoms with van der Waals surface area (Å²) in [5.41, 5.74) is 33.2. The second kappa shape index (κ2) is 48.6. The number of benzene rings is 4.